The summed E-state index contributed by atoms with van der Waals surface area (Å²) >= 11 is 1.66. The van der Waals surface area contributed by atoms with Crippen molar-refractivity contribution >= 4 is 39.8 Å². The summed E-state index contributed by atoms with van der Waals surface area (Å²) in [5.41, 5.74) is 1.33. The number of hydrogen-bond acceptors (Lipinski definition) is 6. The van der Waals surface area contributed by atoms with Crippen LogP contribution in [0.4, 0.5) is 5.69 Å². The molecule has 0 saturated heterocycles. The highest BCUT2D eigenvalue weighted by atomic mass is 32.1. The molecule has 3 aromatic heterocycles. The van der Waals surface area contributed by atoms with Crippen LogP contribution in [0.15, 0.2) is 63.3 Å². The molecule has 4 aromatic rings. The number of anilines is 1. The van der Waals surface area contributed by atoms with Gasteiger partial charge in [-0.1, -0.05) is 6.07 Å². The standard InChI is InChI=1S/C19H15N3O4S/c23-18(15-10-25-11-21-15)22-13-3-4-16-12(8-13)9-17(26-16)19(24)20-6-5-14-2-1-7-27-14/h1-4,7-11H,5-6H2,(H,20,24)(H,22,23). The van der Waals surface area contributed by atoms with Gasteiger partial charge in [-0.25, -0.2) is 4.98 Å². The molecule has 0 bridgehead atoms. The Morgan fingerprint density at radius 2 is 2.07 bits per heavy atom. The molecule has 136 valence electrons. The highest BCUT2D eigenvalue weighted by molar-refractivity contribution is 7.09. The molecule has 2 amide bonds. The number of furan rings is 1. The molecule has 0 fully saturated rings. The van der Waals surface area contributed by atoms with Gasteiger partial charge >= 0.3 is 0 Å². The van der Waals surface area contributed by atoms with Gasteiger partial charge in [-0.05, 0) is 42.1 Å². The summed E-state index contributed by atoms with van der Waals surface area (Å²) in [6, 6.07) is 10.8. The van der Waals surface area contributed by atoms with Gasteiger partial charge in [-0.3, -0.25) is 9.59 Å². The van der Waals surface area contributed by atoms with Crippen molar-refractivity contribution in [2.24, 2.45) is 0 Å². The van der Waals surface area contributed by atoms with Crippen LogP contribution in [0.3, 0.4) is 0 Å². The Balaban J connectivity index is 1.42. The molecule has 2 N–H and O–H groups in total. The monoisotopic (exact) mass is 381 g/mol. The van der Waals surface area contributed by atoms with Crippen LogP contribution in [0.5, 0.6) is 0 Å². The Bertz CT molecular complexity index is 1070. The van der Waals surface area contributed by atoms with Crippen molar-refractivity contribution in [2.45, 2.75) is 6.42 Å². The quantitative estimate of drug-likeness (QED) is 0.531. The number of carbonyl (C=O) groups is 2. The predicted molar refractivity (Wildman–Crippen MR) is 101 cm³/mol. The minimum atomic E-state index is -0.377. The summed E-state index contributed by atoms with van der Waals surface area (Å²) in [5, 5.41) is 8.30. The summed E-state index contributed by atoms with van der Waals surface area (Å²) < 4.78 is 10.4. The Hall–Kier alpha value is -3.39. The molecule has 0 spiro atoms. The van der Waals surface area contributed by atoms with Crippen molar-refractivity contribution < 1.29 is 18.4 Å². The highest BCUT2D eigenvalue weighted by Crippen LogP contribution is 2.23. The van der Waals surface area contributed by atoms with Gasteiger partial charge in [0.05, 0.1) is 0 Å². The summed E-state index contributed by atoms with van der Waals surface area (Å²) in [4.78, 5) is 29.3. The van der Waals surface area contributed by atoms with Crippen molar-refractivity contribution in [3.63, 3.8) is 0 Å². The second kappa shape index (κ2) is 7.46. The van der Waals surface area contributed by atoms with Crippen molar-refractivity contribution in [3.8, 4) is 0 Å². The molecular weight excluding hydrogens is 366 g/mol. The van der Waals surface area contributed by atoms with Gasteiger partial charge < -0.3 is 19.5 Å². The van der Waals surface area contributed by atoms with Crippen LogP contribution in [-0.2, 0) is 6.42 Å². The normalized spacial score (nSPS) is 10.8. The number of amides is 2. The Morgan fingerprint density at radius 3 is 2.85 bits per heavy atom. The van der Waals surface area contributed by atoms with Gasteiger partial charge in [0.15, 0.2) is 17.8 Å². The average Bonchev–Trinajstić information content (AvgIpc) is 3.42. The van der Waals surface area contributed by atoms with Crippen LogP contribution in [0.25, 0.3) is 11.0 Å². The molecule has 27 heavy (non-hydrogen) atoms. The number of benzene rings is 1. The van der Waals surface area contributed by atoms with Crippen molar-refractivity contribution in [2.75, 3.05) is 11.9 Å². The first-order valence-electron chi connectivity index (χ1n) is 8.23. The Labute approximate surface area is 158 Å². The molecule has 0 aliphatic rings. The molecule has 0 atom stereocenters. The molecule has 0 aliphatic carbocycles. The molecule has 1 aromatic carbocycles. The lowest BCUT2D eigenvalue weighted by Crippen LogP contribution is -2.24. The number of nitrogens with one attached hydrogen (secondary N) is 2. The molecule has 0 saturated carbocycles. The Kier molecular flexibility index (Phi) is 4.71. The van der Waals surface area contributed by atoms with E-state index in [0.29, 0.717) is 17.8 Å². The molecule has 3 heterocycles. The molecule has 8 heteroatoms. The summed E-state index contributed by atoms with van der Waals surface area (Å²) in [7, 11) is 0. The number of oxazole rings is 1. The number of fused-ring (bicyclic) bond motifs is 1. The van der Waals surface area contributed by atoms with Gasteiger partial charge in [0.25, 0.3) is 11.8 Å². The van der Waals surface area contributed by atoms with Gasteiger partial charge in [0.1, 0.15) is 11.8 Å². The summed E-state index contributed by atoms with van der Waals surface area (Å²) in [6.07, 6.45) is 3.24. The van der Waals surface area contributed by atoms with E-state index in [9.17, 15) is 9.59 Å². The van der Waals surface area contributed by atoms with Crippen molar-refractivity contribution in [1.82, 2.24) is 10.3 Å². The first kappa shape index (κ1) is 17.0. The smallest absolute Gasteiger partial charge is 0.287 e. The number of aromatic nitrogens is 1. The third kappa shape index (κ3) is 3.90. The number of carbonyl (C=O) groups excluding carboxylic acids is 2. The maximum Gasteiger partial charge on any atom is 0.287 e. The lowest BCUT2D eigenvalue weighted by Gasteiger charge is -2.02. The largest absolute Gasteiger partial charge is 0.451 e. The highest BCUT2D eigenvalue weighted by Gasteiger charge is 2.14. The lowest BCUT2D eigenvalue weighted by atomic mass is 10.2. The second-order valence-electron chi connectivity index (χ2n) is 5.78. The van der Waals surface area contributed by atoms with Crippen LogP contribution < -0.4 is 10.6 Å². The number of thiophene rings is 1. The van der Waals surface area contributed by atoms with E-state index in [1.807, 2.05) is 17.5 Å². The third-order valence-electron chi connectivity index (χ3n) is 3.90. The zero-order valence-electron chi connectivity index (χ0n) is 14.1. The fourth-order valence-electron chi connectivity index (χ4n) is 2.59. The maximum absolute atomic E-state index is 12.3. The van der Waals surface area contributed by atoms with Crippen molar-refractivity contribution in [3.05, 3.63) is 70.8 Å². The summed E-state index contributed by atoms with van der Waals surface area (Å²) in [6.45, 7) is 0.537. The van der Waals surface area contributed by atoms with Crippen LogP contribution in [-0.4, -0.2) is 23.3 Å². The number of rotatable bonds is 6. The zero-order valence-corrected chi connectivity index (χ0v) is 14.9. The van der Waals surface area contributed by atoms with Crippen LogP contribution in [0.2, 0.25) is 0 Å². The first-order valence-corrected chi connectivity index (χ1v) is 9.11. The third-order valence-corrected chi connectivity index (χ3v) is 4.84. The van der Waals surface area contributed by atoms with E-state index < -0.39 is 0 Å². The average molecular weight is 381 g/mol. The summed E-state index contributed by atoms with van der Waals surface area (Å²) in [5.74, 6) is -0.412. The van der Waals surface area contributed by atoms with Crippen LogP contribution in [0, 0.1) is 0 Å². The van der Waals surface area contributed by atoms with E-state index in [-0.39, 0.29) is 23.3 Å². The molecule has 0 aliphatic heterocycles. The van der Waals surface area contributed by atoms with E-state index in [1.54, 1.807) is 35.6 Å². The van der Waals surface area contributed by atoms with E-state index in [4.69, 9.17) is 8.83 Å². The fourth-order valence-corrected chi connectivity index (χ4v) is 3.30. The van der Waals surface area contributed by atoms with Crippen LogP contribution >= 0.6 is 11.3 Å². The lowest BCUT2D eigenvalue weighted by molar-refractivity contribution is 0.0928. The topological polar surface area (TPSA) is 97.4 Å². The molecule has 4 rings (SSSR count). The van der Waals surface area contributed by atoms with Gasteiger partial charge in [0, 0.05) is 22.5 Å². The Morgan fingerprint density at radius 1 is 1.15 bits per heavy atom. The zero-order chi connectivity index (χ0) is 18.6. The van der Waals surface area contributed by atoms with Crippen LogP contribution in [0.1, 0.15) is 25.9 Å². The number of nitrogens with zero attached hydrogens (tertiary/aromatic N) is 1. The van der Waals surface area contributed by atoms with E-state index in [0.717, 1.165) is 11.8 Å². The van der Waals surface area contributed by atoms with E-state index in [2.05, 4.69) is 15.6 Å². The molecule has 7 nitrogen and oxygen atoms in total. The minimum Gasteiger partial charge on any atom is -0.451 e. The van der Waals surface area contributed by atoms with Gasteiger partial charge in [0.2, 0.25) is 0 Å². The van der Waals surface area contributed by atoms with E-state index in [1.165, 1.54) is 17.5 Å². The minimum absolute atomic E-state index is 0.188. The van der Waals surface area contributed by atoms with Crippen molar-refractivity contribution in [1.29, 1.82) is 0 Å². The molecular formula is C19H15N3O4S. The van der Waals surface area contributed by atoms with Gasteiger partial charge in [-0.2, -0.15) is 0 Å². The predicted octanol–water partition coefficient (Wildman–Crippen LogP) is 3.71. The maximum atomic E-state index is 12.3. The van der Waals surface area contributed by atoms with E-state index >= 15 is 0 Å². The molecule has 0 unspecified atom stereocenters. The SMILES string of the molecule is O=C(Nc1ccc2oc(C(=O)NCCc3cccs3)cc2c1)c1cocn1. The first-order chi connectivity index (χ1) is 13.2. The second-order valence-corrected chi connectivity index (χ2v) is 6.81. The fraction of sp³-hybridized carbons (Fsp3) is 0.105. The number of hydrogen-bond donors (Lipinski definition) is 2. The molecule has 0 radical (unpaired) electrons. The van der Waals surface area contributed by atoms with Gasteiger partial charge in [-0.15, -0.1) is 11.3 Å².